The molecule has 18 heavy (non-hydrogen) atoms. The smallest absolute Gasteiger partial charge is 0.0859 e. The molecular formula is C14H18N4. The fraction of sp³-hybridized carbons (Fsp3) is 0.429. The van der Waals surface area contributed by atoms with Crippen LogP contribution in [0.2, 0.25) is 0 Å². The predicted octanol–water partition coefficient (Wildman–Crippen LogP) is 1.95. The first-order valence-corrected chi connectivity index (χ1v) is 6.37. The zero-order valence-corrected chi connectivity index (χ0v) is 10.8. The van der Waals surface area contributed by atoms with Crippen LogP contribution in [0.25, 0.3) is 5.69 Å². The summed E-state index contributed by atoms with van der Waals surface area (Å²) in [6.45, 7) is 4.04. The minimum absolute atomic E-state index is 0.179. The van der Waals surface area contributed by atoms with Gasteiger partial charge in [-0.05, 0) is 44.4 Å². The van der Waals surface area contributed by atoms with Gasteiger partial charge in [0.15, 0.2) is 0 Å². The van der Waals surface area contributed by atoms with E-state index in [1.165, 1.54) is 18.4 Å². The Hall–Kier alpha value is -1.68. The zero-order valence-electron chi connectivity index (χ0n) is 10.8. The van der Waals surface area contributed by atoms with E-state index in [4.69, 9.17) is 5.73 Å². The van der Waals surface area contributed by atoms with Crippen LogP contribution in [0.4, 0.5) is 0 Å². The Bertz CT molecular complexity index is 567. The molecular weight excluding hydrogens is 224 g/mol. The maximum Gasteiger partial charge on any atom is 0.0859 e. The maximum absolute atomic E-state index is 6.12. The third kappa shape index (κ3) is 1.73. The summed E-state index contributed by atoms with van der Waals surface area (Å²) in [7, 11) is 0. The van der Waals surface area contributed by atoms with E-state index in [-0.39, 0.29) is 11.5 Å². The van der Waals surface area contributed by atoms with Crippen LogP contribution < -0.4 is 5.73 Å². The molecule has 1 heterocycles. The summed E-state index contributed by atoms with van der Waals surface area (Å²) >= 11 is 0. The van der Waals surface area contributed by atoms with Crippen molar-refractivity contribution in [2.75, 3.05) is 0 Å². The maximum atomic E-state index is 6.12. The van der Waals surface area contributed by atoms with Crippen LogP contribution in [-0.4, -0.2) is 21.0 Å². The molecule has 1 saturated carbocycles. The molecule has 1 atom stereocenters. The minimum atomic E-state index is 0.179. The third-order valence-corrected chi connectivity index (χ3v) is 3.92. The van der Waals surface area contributed by atoms with Crippen molar-refractivity contribution in [3.8, 4) is 5.69 Å². The molecule has 0 spiro atoms. The van der Waals surface area contributed by atoms with E-state index in [0.717, 1.165) is 11.4 Å². The first-order valence-electron chi connectivity index (χ1n) is 6.37. The number of aromatic nitrogens is 3. The van der Waals surface area contributed by atoms with E-state index in [1.54, 1.807) is 11.0 Å². The van der Waals surface area contributed by atoms with Gasteiger partial charge in [-0.2, -0.15) is 15.0 Å². The van der Waals surface area contributed by atoms with Crippen molar-refractivity contribution in [1.29, 1.82) is 0 Å². The van der Waals surface area contributed by atoms with Gasteiger partial charge < -0.3 is 5.73 Å². The SMILES string of the molecule is Cc1cnn(-c2cccc(C3(C(C)N)CC3)c2)n1. The highest BCUT2D eigenvalue weighted by molar-refractivity contribution is 5.41. The van der Waals surface area contributed by atoms with Crippen LogP contribution in [0.3, 0.4) is 0 Å². The molecule has 0 aliphatic heterocycles. The molecule has 3 rings (SSSR count). The second kappa shape index (κ2) is 3.92. The van der Waals surface area contributed by atoms with Crippen molar-refractivity contribution in [3.63, 3.8) is 0 Å². The van der Waals surface area contributed by atoms with Crippen LogP contribution in [0, 0.1) is 6.92 Å². The Balaban J connectivity index is 2.00. The first-order chi connectivity index (χ1) is 8.62. The van der Waals surface area contributed by atoms with Crippen LogP contribution in [0.1, 0.15) is 31.0 Å². The van der Waals surface area contributed by atoms with Crippen molar-refractivity contribution < 1.29 is 0 Å². The molecule has 2 aromatic rings. The Morgan fingerprint density at radius 1 is 1.39 bits per heavy atom. The zero-order chi connectivity index (χ0) is 12.8. The molecule has 2 N–H and O–H groups in total. The van der Waals surface area contributed by atoms with Gasteiger partial charge in [-0.1, -0.05) is 12.1 Å². The molecule has 1 aromatic heterocycles. The summed E-state index contributed by atoms with van der Waals surface area (Å²) in [4.78, 5) is 1.68. The van der Waals surface area contributed by atoms with Crippen LogP contribution in [-0.2, 0) is 5.41 Å². The van der Waals surface area contributed by atoms with Gasteiger partial charge in [0.05, 0.1) is 17.6 Å². The van der Waals surface area contributed by atoms with Crippen LogP contribution >= 0.6 is 0 Å². The quantitative estimate of drug-likeness (QED) is 0.895. The van der Waals surface area contributed by atoms with Gasteiger partial charge in [0, 0.05) is 11.5 Å². The summed E-state index contributed by atoms with van der Waals surface area (Å²) in [6.07, 6.45) is 4.13. The van der Waals surface area contributed by atoms with Crippen LogP contribution in [0.15, 0.2) is 30.5 Å². The number of nitrogens with two attached hydrogens (primary N) is 1. The van der Waals surface area contributed by atoms with Crippen molar-refractivity contribution in [2.45, 2.75) is 38.1 Å². The number of aryl methyl sites for hydroxylation is 1. The monoisotopic (exact) mass is 242 g/mol. The van der Waals surface area contributed by atoms with Crippen molar-refractivity contribution in [3.05, 3.63) is 41.7 Å². The molecule has 0 amide bonds. The molecule has 1 aliphatic rings. The molecule has 1 aliphatic carbocycles. The minimum Gasteiger partial charge on any atom is -0.327 e. The lowest BCUT2D eigenvalue weighted by Gasteiger charge is -2.20. The predicted molar refractivity (Wildman–Crippen MR) is 70.7 cm³/mol. The lowest BCUT2D eigenvalue weighted by Crippen LogP contribution is -2.31. The van der Waals surface area contributed by atoms with E-state index < -0.39 is 0 Å². The van der Waals surface area contributed by atoms with E-state index >= 15 is 0 Å². The fourth-order valence-corrected chi connectivity index (χ4v) is 2.55. The van der Waals surface area contributed by atoms with Crippen molar-refractivity contribution >= 4 is 0 Å². The van der Waals surface area contributed by atoms with E-state index in [0.29, 0.717) is 0 Å². The van der Waals surface area contributed by atoms with E-state index in [1.807, 2.05) is 13.0 Å². The highest BCUT2D eigenvalue weighted by Crippen LogP contribution is 2.50. The lowest BCUT2D eigenvalue weighted by molar-refractivity contribution is 0.555. The Morgan fingerprint density at radius 2 is 2.17 bits per heavy atom. The lowest BCUT2D eigenvalue weighted by atomic mass is 9.89. The number of hydrogen-bond acceptors (Lipinski definition) is 3. The summed E-state index contributed by atoms with van der Waals surface area (Å²) in [5, 5.41) is 8.59. The number of benzene rings is 1. The van der Waals surface area contributed by atoms with E-state index in [9.17, 15) is 0 Å². The van der Waals surface area contributed by atoms with Crippen LogP contribution in [0.5, 0.6) is 0 Å². The Morgan fingerprint density at radius 3 is 2.72 bits per heavy atom. The average molecular weight is 242 g/mol. The molecule has 0 radical (unpaired) electrons. The van der Waals surface area contributed by atoms with Gasteiger partial charge in [0.25, 0.3) is 0 Å². The number of rotatable bonds is 3. The average Bonchev–Trinajstić information content (AvgIpc) is 3.07. The highest BCUT2D eigenvalue weighted by atomic mass is 15.5. The van der Waals surface area contributed by atoms with Crippen molar-refractivity contribution in [1.82, 2.24) is 15.0 Å². The summed E-state index contributed by atoms with van der Waals surface area (Å²) in [5.41, 5.74) is 9.54. The molecule has 94 valence electrons. The molecule has 0 saturated heterocycles. The standard InChI is InChI=1S/C14H18N4/c1-10-9-16-18(17-10)13-5-3-4-12(8-13)14(6-7-14)11(2)15/h3-5,8-9,11H,6-7,15H2,1-2H3. The fourth-order valence-electron chi connectivity index (χ4n) is 2.55. The van der Waals surface area contributed by atoms with Gasteiger partial charge in [0.2, 0.25) is 0 Å². The first kappa shape index (κ1) is 11.4. The van der Waals surface area contributed by atoms with Gasteiger partial charge in [-0.25, -0.2) is 0 Å². The number of hydrogen-bond donors (Lipinski definition) is 1. The molecule has 1 aromatic carbocycles. The molecule has 4 nitrogen and oxygen atoms in total. The highest BCUT2D eigenvalue weighted by Gasteiger charge is 2.47. The third-order valence-electron chi connectivity index (χ3n) is 3.92. The topological polar surface area (TPSA) is 56.7 Å². The molecule has 0 bridgehead atoms. The largest absolute Gasteiger partial charge is 0.327 e. The summed E-state index contributed by atoms with van der Waals surface area (Å²) < 4.78 is 0. The second-order valence-corrected chi connectivity index (χ2v) is 5.27. The second-order valence-electron chi connectivity index (χ2n) is 5.27. The molecule has 1 fully saturated rings. The van der Waals surface area contributed by atoms with Gasteiger partial charge in [0.1, 0.15) is 0 Å². The molecule has 1 unspecified atom stereocenters. The Labute approximate surface area is 107 Å². The van der Waals surface area contributed by atoms with Crippen molar-refractivity contribution in [2.24, 2.45) is 5.73 Å². The Kier molecular flexibility index (Phi) is 2.48. The normalized spacial score (nSPS) is 18.6. The summed E-state index contributed by atoms with van der Waals surface area (Å²) in [6, 6.07) is 8.61. The van der Waals surface area contributed by atoms with Gasteiger partial charge in [-0.15, -0.1) is 0 Å². The number of nitrogens with zero attached hydrogens (tertiary/aromatic N) is 3. The van der Waals surface area contributed by atoms with Gasteiger partial charge in [-0.3, -0.25) is 0 Å². The molecule has 4 heteroatoms. The van der Waals surface area contributed by atoms with Gasteiger partial charge >= 0.3 is 0 Å². The summed E-state index contributed by atoms with van der Waals surface area (Å²) in [5.74, 6) is 0. The van der Waals surface area contributed by atoms with E-state index in [2.05, 4.69) is 35.3 Å².